The molecule has 0 fully saturated rings. The molecule has 0 saturated heterocycles. The first-order valence-corrected chi connectivity index (χ1v) is 6.53. The molecule has 106 valence electrons. The van der Waals surface area contributed by atoms with Gasteiger partial charge in [-0.25, -0.2) is 0 Å². The molecule has 1 unspecified atom stereocenters. The minimum atomic E-state index is -0.702. The number of ketones is 1. The van der Waals surface area contributed by atoms with E-state index in [1.165, 1.54) is 6.21 Å². The number of rotatable bonds is 6. The monoisotopic (exact) mass is 274 g/mol. The van der Waals surface area contributed by atoms with Crippen LogP contribution >= 0.6 is 0 Å². The van der Waals surface area contributed by atoms with Crippen molar-refractivity contribution in [1.29, 1.82) is 0 Å². The van der Waals surface area contributed by atoms with Crippen LogP contribution in [-0.4, -0.2) is 36.4 Å². The van der Waals surface area contributed by atoms with Crippen molar-refractivity contribution in [3.05, 3.63) is 47.2 Å². The van der Waals surface area contributed by atoms with Crippen LogP contribution in [0.15, 0.2) is 46.6 Å². The van der Waals surface area contributed by atoms with Gasteiger partial charge in [0, 0.05) is 11.8 Å². The van der Waals surface area contributed by atoms with Gasteiger partial charge in [-0.3, -0.25) is 9.79 Å². The van der Waals surface area contributed by atoms with Crippen molar-refractivity contribution >= 4 is 12.0 Å². The number of hydrogen-bond donors (Lipinski definition) is 2. The summed E-state index contributed by atoms with van der Waals surface area (Å²) in [5.74, 6) is -0.162. The van der Waals surface area contributed by atoms with E-state index in [1.807, 2.05) is 30.3 Å². The summed E-state index contributed by atoms with van der Waals surface area (Å²) < 4.78 is 5.60. The van der Waals surface area contributed by atoms with Crippen LogP contribution in [0.5, 0.6) is 0 Å². The highest BCUT2D eigenvalue weighted by molar-refractivity contribution is 6.10. The maximum atomic E-state index is 12.3. The largest absolute Gasteiger partial charge is 0.390 e. The predicted molar refractivity (Wildman–Crippen MR) is 76.3 cm³/mol. The van der Waals surface area contributed by atoms with E-state index in [-0.39, 0.29) is 12.4 Å². The highest BCUT2D eigenvalue weighted by Crippen LogP contribution is 2.19. The molecule has 0 spiro atoms. The molecule has 1 aliphatic heterocycles. The number of carbonyl (C=O) groups is 1. The molecule has 1 heterocycles. The number of aliphatic hydroxyl groups is 1. The van der Waals surface area contributed by atoms with Gasteiger partial charge in [-0.2, -0.15) is 0 Å². The average molecular weight is 274 g/mol. The van der Waals surface area contributed by atoms with Crippen LogP contribution < -0.4 is 5.73 Å². The van der Waals surface area contributed by atoms with Crippen molar-refractivity contribution in [2.24, 2.45) is 10.7 Å². The summed E-state index contributed by atoms with van der Waals surface area (Å²) in [4.78, 5) is 16.4. The zero-order chi connectivity index (χ0) is 14.4. The summed E-state index contributed by atoms with van der Waals surface area (Å²) >= 11 is 0. The van der Waals surface area contributed by atoms with E-state index >= 15 is 0 Å². The summed E-state index contributed by atoms with van der Waals surface area (Å²) in [6.45, 7) is 0.419. The summed E-state index contributed by atoms with van der Waals surface area (Å²) in [7, 11) is 0. The van der Waals surface area contributed by atoms with E-state index < -0.39 is 6.10 Å². The number of Topliss-reactive ketones (excluding diaryl/α,β-unsaturated/α-hetero) is 1. The summed E-state index contributed by atoms with van der Waals surface area (Å²) in [5, 5.41) is 9.19. The highest BCUT2D eigenvalue weighted by atomic mass is 16.5. The van der Waals surface area contributed by atoms with Gasteiger partial charge >= 0.3 is 0 Å². The lowest BCUT2D eigenvalue weighted by atomic mass is 9.99. The van der Waals surface area contributed by atoms with Gasteiger partial charge in [0.05, 0.1) is 18.9 Å². The third-order valence-electron chi connectivity index (χ3n) is 3.09. The molecule has 0 bridgehead atoms. The molecule has 1 aromatic carbocycles. The number of ether oxygens (including phenoxy) is 1. The standard InChI is InChI=1S/C15H18N2O3/c16-7-6-12-13(9-18)17-8-14(15(12)19)20-10-11-4-2-1-3-5-11/h1-5,8,14,18H,6-7,9-10,16H2. The van der Waals surface area contributed by atoms with Crippen molar-refractivity contribution in [1.82, 2.24) is 0 Å². The SMILES string of the molecule is NCCC1=C(CO)N=CC(OCc2ccccc2)C1=O. The zero-order valence-electron chi connectivity index (χ0n) is 11.2. The van der Waals surface area contributed by atoms with Gasteiger partial charge < -0.3 is 15.6 Å². The van der Waals surface area contributed by atoms with Gasteiger partial charge in [-0.1, -0.05) is 30.3 Å². The molecule has 2 rings (SSSR count). The van der Waals surface area contributed by atoms with Crippen molar-refractivity contribution < 1.29 is 14.6 Å². The Labute approximate surface area is 117 Å². The van der Waals surface area contributed by atoms with E-state index in [2.05, 4.69) is 4.99 Å². The first kappa shape index (κ1) is 14.6. The van der Waals surface area contributed by atoms with Crippen LogP contribution in [0.1, 0.15) is 12.0 Å². The molecule has 1 atom stereocenters. The van der Waals surface area contributed by atoms with E-state index in [1.54, 1.807) is 0 Å². The Morgan fingerprint density at radius 1 is 1.30 bits per heavy atom. The van der Waals surface area contributed by atoms with Gasteiger partial charge in [0.1, 0.15) is 0 Å². The lowest BCUT2D eigenvalue weighted by molar-refractivity contribution is -0.123. The van der Waals surface area contributed by atoms with Crippen LogP contribution in [0.3, 0.4) is 0 Å². The average Bonchev–Trinajstić information content (AvgIpc) is 2.49. The highest BCUT2D eigenvalue weighted by Gasteiger charge is 2.27. The van der Waals surface area contributed by atoms with Crippen LogP contribution in [-0.2, 0) is 16.1 Å². The van der Waals surface area contributed by atoms with E-state index in [9.17, 15) is 9.90 Å². The molecular formula is C15H18N2O3. The number of aliphatic hydroxyl groups excluding tert-OH is 1. The van der Waals surface area contributed by atoms with Crippen LogP contribution in [0.25, 0.3) is 0 Å². The lowest BCUT2D eigenvalue weighted by Crippen LogP contribution is -2.32. The summed E-state index contributed by atoms with van der Waals surface area (Å²) in [5.41, 5.74) is 7.34. The zero-order valence-corrected chi connectivity index (χ0v) is 11.2. The number of hydrogen-bond acceptors (Lipinski definition) is 5. The maximum absolute atomic E-state index is 12.3. The van der Waals surface area contributed by atoms with Gasteiger partial charge in [0.2, 0.25) is 0 Å². The molecule has 20 heavy (non-hydrogen) atoms. The second-order valence-corrected chi connectivity index (χ2v) is 4.48. The maximum Gasteiger partial charge on any atom is 0.195 e. The molecule has 0 radical (unpaired) electrons. The van der Waals surface area contributed by atoms with Crippen LogP contribution in [0.2, 0.25) is 0 Å². The van der Waals surface area contributed by atoms with Gasteiger partial charge in [0.25, 0.3) is 0 Å². The van der Waals surface area contributed by atoms with E-state index in [0.29, 0.717) is 30.8 Å². The minimum absolute atomic E-state index is 0.162. The predicted octanol–water partition coefficient (Wildman–Crippen LogP) is 0.820. The first-order valence-electron chi connectivity index (χ1n) is 6.53. The van der Waals surface area contributed by atoms with Gasteiger partial charge in [0.15, 0.2) is 11.9 Å². The molecule has 1 aromatic rings. The number of benzene rings is 1. The molecular weight excluding hydrogens is 256 g/mol. The Kier molecular flexibility index (Phi) is 5.17. The molecule has 3 N–H and O–H groups in total. The van der Waals surface area contributed by atoms with Crippen molar-refractivity contribution in [2.45, 2.75) is 19.1 Å². The summed E-state index contributed by atoms with van der Waals surface area (Å²) in [6.07, 6.45) is 1.14. The molecule has 1 aliphatic rings. The molecule has 0 aromatic heterocycles. The Bertz CT molecular complexity index is 523. The molecule has 0 saturated carbocycles. The topological polar surface area (TPSA) is 84.9 Å². The van der Waals surface area contributed by atoms with Crippen molar-refractivity contribution in [3.8, 4) is 0 Å². The quantitative estimate of drug-likeness (QED) is 0.804. The van der Waals surface area contributed by atoms with Crippen molar-refractivity contribution in [3.63, 3.8) is 0 Å². The molecule has 5 nitrogen and oxygen atoms in total. The molecule has 5 heteroatoms. The molecule has 0 amide bonds. The smallest absolute Gasteiger partial charge is 0.195 e. The normalized spacial score (nSPS) is 18.7. The second kappa shape index (κ2) is 7.09. The number of nitrogens with two attached hydrogens (primary N) is 1. The third kappa shape index (κ3) is 3.39. The minimum Gasteiger partial charge on any atom is -0.390 e. The number of nitrogens with zero attached hydrogens (tertiary/aromatic N) is 1. The second-order valence-electron chi connectivity index (χ2n) is 4.48. The number of carbonyl (C=O) groups excluding carboxylic acids is 1. The third-order valence-corrected chi connectivity index (χ3v) is 3.09. The first-order chi connectivity index (χ1) is 9.76. The van der Waals surface area contributed by atoms with Crippen LogP contribution in [0, 0.1) is 0 Å². The fourth-order valence-electron chi connectivity index (χ4n) is 2.04. The Morgan fingerprint density at radius 3 is 2.70 bits per heavy atom. The van der Waals surface area contributed by atoms with Crippen LogP contribution in [0.4, 0.5) is 0 Å². The number of aliphatic imine (C=N–C) groups is 1. The summed E-state index contributed by atoms with van der Waals surface area (Å²) in [6, 6.07) is 9.62. The Balaban J connectivity index is 2.03. The fourth-order valence-corrected chi connectivity index (χ4v) is 2.04. The van der Waals surface area contributed by atoms with E-state index in [0.717, 1.165) is 5.56 Å². The van der Waals surface area contributed by atoms with E-state index in [4.69, 9.17) is 10.5 Å². The Hall–Kier alpha value is -1.82. The van der Waals surface area contributed by atoms with Crippen molar-refractivity contribution in [2.75, 3.05) is 13.2 Å². The Morgan fingerprint density at radius 2 is 2.05 bits per heavy atom. The fraction of sp³-hybridized carbons (Fsp3) is 0.333. The van der Waals surface area contributed by atoms with Gasteiger partial charge in [-0.15, -0.1) is 0 Å². The van der Waals surface area contributed by atoms with Gasteiger partial charge in [-0.05, 0) is 18.5 Å². The lowest BCUT2D eigenvalue weighted by Gasteiger charge is -2.20. The molecule has 0 aliphatic carbocycles.